The quantitative estimate of drug-likeness (QED) is 0.582. The van der Waals surface area contributed by atoms with E-state index in [9.17, 15) is 14.4 Å². The first-order chi connectivity index (χ1) is 15.1. The maximum absolute atomic E-state index is 13.1. The number of halogens is 2. The van der Waals surface area contributed by atoms with Gasteiger partial charge in [0.2, 0.25) is 5.91 Å². The fourth-order valence-corrected chi connectivity index (χ4v) is 4.32. The van der Waals surface area contributed by atoms with Crippen molar-refractivity contribution in [3.63, 3.8) is 0 Å². The molecule has 2 atom stereocenters. The van der Waals surface area contributed by atoms with E-state index in [4.69, 9.17) is 27.9 Å². The molecule has 9 heteroatoms. The summed E-state index contributed by atoms with van der Waals surface area (Å²) < 4.78 is 5.18. The van der Waals surface area contributed by atoms with E-state index in [0.717, 1.165) is 10.5 Å². The molecule has 1 heterocycles. The molecule has 0 spiro atoms. The van der Waals surface area contributed by atoms with Crippen molar-refractivity contribution >= 4 is 41.0 Å². The number of carbonyl (C=O) groups is 3. The second-order valence-corrected chi connectivity index (χ2v) is 8.98. The molecule has 2 N–H and O–H groups in total. The third-order valence-corrected chi connectivity index (χ3v) is 6.05. The molecular weight excluding hydrogens is 453 g/mol. The summed E-state index contributed by atoms with van der Waals surface area (Å²) in [5.74, 6) is -0.224. The molecule has 170 valence electrons. The number of carbonyl (C=O) groups excluding carboxylic acids is 3. The number of nitrogens with one attached hydrogen (secondary N) is 2. The minimum absolute atomic E-state index is 0.0774. The molecule has 4 amide bonds. The molecule has 2 aromatic carbocycles. The molecule has 3 rings (SSSR count). The Morgan fingerprint density at radius 3 is 2.38 bits per heavy atom. The van der Waals surface area contributed by atoms with Gasteiger partial charge in [0.05, 0.1) is 13.2 Å². The Kier molecular flexibility index (Phi) is 7.00. The standard InChI is InChI=1S/C23H25Cl2N3O4/c1-13(2)20(14-5-8-16(32-4)9-6-14)26-19(29)12-28-21(30)23(3,27-22(28)31)17-10-7-15(24)11-18(17)25/h5-11,13,20H,12H2,1-4H3,(H,26,29)(H,27,31). The van der Waals surface area contributed by atoms with Crippen LogP contribution in [0.1, 0.15) is 37.9 Å². The Morgan fingerprint density at radius 1 is 1.16 bits per heavy atom. The minimum Gasteiger partial charge on any atom is -0.497 e. The molecule has 1 aliphatic heterocycles. The monoisotopic (exact) mass is 477 g/mol. The van der Waals surface area contributed by atoms with Crippen LogP contribution in [0.2, 0.25) is 10.0 Å². The van der Waals surface area contributed by atoms with Gasteiger partial charge in [-0.3, -0.25) is 14.5 Å². The number of hydrogen-bond donors (Lipinski definition) is 2. The maximum Gasteiger partial charge on any atom is 0.325 e. The number of hydrogen-bond acceptors (Lipinski definition) is 4. The van der Waals surface area contributed by atoms with Crippen LogP contribution in [0.4, 0.5) is 4.79 Å². The summed E-state index contributed by atoms with van der Waals surface area (Å²) in [6.07, 6.45) is 0. The Hall–Kier alpha value is -2.77. The Labute approximate surface area is 197 Å². The molecule has 1 fully saturated rings. The third kappa shape index (κ3) is 4.69. The molecule has 0 radical (unpaired) electrons. The fraction of sp³-hybridized carbons (Fsp3) is 0.348. The van der Waals surface area contributed by atoms with Crippen molar-refractivity contribution in [2.45, 2.75) is 32.4 Å². The number of ether oxygens (including phenoxy) is 1. The lowest BCUT2D eigenvalue weighted by Gasteiger charge is -2.25. The Bertz CT molecular complexity index is 1040. The zero-order chi connectivity index (χ0) is 23.6. The molecule has 0 saturated carbocycles. The Balaban J connectivity index is 1.76. The molecule has 0 aromatic heterocycles. The van der Waals surface area contributed by atoms with Crippen LogP contribution >= 0.6 is 23.2 Å². The lowest BCUT2D eigenvalue weighted by molar-refractivity contribution is -0.135. The molecular formula is C23H25Cl2N3O4. The largest absolute Gasteiger partial charge is 0.497 e. The fourth-order valence-electron chi connectivity index (χ4n) is 3.73. The zero-order valence-corrected chi connectivity index (χ0v) is 19.8. The number of amides is 4. The summed E-state index contributed by atoms with van der Waals surface area (Å²) in [5.41, 5.74) is -0.0980. The van der Waals surface area contributed by atoms with Crippen LogP contribution in [0.5, 0.6) is 5.75 Å². The number of benzene rings is 2. The van der Waals surface area contributed by atoms with E-state index in [1.54, 1.807) is 26.2 Å². The van der Waals surface area contributed by atoms with Crippen molar-refractivity contribution in [1.29, 1.82) is 0 Å². The summed E-state index contributed by atoms with van der Waals surface area (Å²) in [5, 5.41) is 6.24. The second kappa shape index (κ2) is 9.38. The van der Waals surface area contributed by atoms with Crippen LogP contribution in [0.25, 0.3) is 0 Å². The summed E-state index contributed by atoms with van der Waals surface area (Å²) in [6.45, 7) is 5.09. The van der Waals surface area contributed by atoms with E-state index in [1.807, 2.05) is 38.1 Å². The van der Waals surface area contributed by atoms with Crippen molar-refractivity contribution in [2.24, 2.45) is 5.92 Å². The van der Waals surface area contributed by atoms with Crippen molar-refractivity contribution in [3.05, 3.63) is 63.6 Å². The first-order valence-corrected chi connectivity index (χ1v) is 10.9. The van der Waals surface area contributed by atoms with Gasteiger partial charge in [-0.1, -0.05) is 55.2 Å². The highest BCUT2D eigenvalue weighted by molar-refractivity contribution is 6.35. The maximum atomic E-state index is 13.1. The van der Waals surface area contributed by atoms with E-state index in [-0.39, 0.29) is 17.0 Å². The summed E-state index contributed by atoms with van der Waals surface area (Å²) in [4.78, 5) is 39.4. The second-order valence-electron chi connectivity index (χ2n) is 8.13. The molecule has 2 unspecified atom stereocenters. The van der Waals surface area contributed by atoms with E-state index in [1.165, 1.54) is 6.07 Å². The average Bonchev–Trinajstić information content (AvgIpc) is 2.95. The molecule has 2 aromatic rings. The highest BCUT2D eigenvalue weighted by atomic mass is 35.5. The number of rotatable bonds is 7. The van der Waals surface area contributed by atoms with Crippen molar-refractivity contribution in [3.8, 4) is 5.75 Å². The van der Waals surface area contributed by atoms with Gasteiger partial charge in [-0.05, 0) is 42.7 Å². The van der Waals surface area contributed by atoms with Crippen molar-refractivity contribution in [1.82, 2.24) is 15.5 Å². The topological polar surface area (TPSA) is 87.7 Å². The van der Waals surface area contributed by atoms with E-state index in [0.29, 0.717) is 16.3 Å². The van der Waals surface area contributed by atoms with E-state index in [2.05, 4.69) is 10.6 Å². The van der Waals surface area contributed by atoms with E-state index >= 15 is 0 Å². The van der Waals surface area contributed by atoms with Gasteiger partial charge in [-0.25, -0.2) is 4.79 Å². The summed E-state index contributed by atoms with van der Waals surface area (Å²) in [7, 11) is 1.58. The normalized spacial score (nSPS) is 19.2. The molecule has 1 saturated heterocycles. The van der Waals surface area contributed by atoms with Crippen LogP contribution < -0.4 is 15.4 Å². The smallest absolute Gasteiger partial charge is 0.325 e. The predicted octanol–water partition coefficient (Wildman–Crippen LogP) is 4.28. The first-order valence-electron chi connectivity index (χ1n) is 10.1. The molecule has 0 bridgehead atoms. The number of nitrogens with zero attached hydrogens (tertiary/aromatic N) is 1. The van der Waals surface area contributed by atoms with Gasteiger partial charge >= 0.3 is 6.03 Å². The van der Waals surface area contributed by atoms with Gasteiger partial charge in [0.15, 0.2) is 0 Å². The van der Waals surface area contributed by atoms with Gasteiger partial charge in [-0.15, -0.1) is 0 Å². The Morgan fingerprint density at radius 2 is 1.81 bits per heavy atom. The highest BCUT2D eigenvalue weighted by Gasteiger charge is 2.50. The number of methoxy groups -OCH3 is 1. The van der Waals surface area contributed by atoms with Crippen molar-refractivity contribution < 1.29 is 19.1 Å². The first kappa shape index (κ1) is 23.9. The molecule has 7 nitrogen and oxygen atoms in total. The third-order valence-electron chi connectivity index (χ3n) is 5.50. The highest BCUT2D eigenvalue weighted by Crippen LogP contribution is 2.35. The van der Waals surface area contributed by atoms with Gasteiger partial charge in [0.25, 0.3) is 5.91 Å². The van der Waals surface area contributed by atoms with Crippen LogP contribution in [0.3, 0.4) is 0 Å². The van der Waals surface area contributed by atoms with Gasteiger partial charge in [0, 0.05) is 15.6 Å². The lowest BCUT2D eigenvalue weighted by Crippen LogP contribution is -2.44. The van der Waals surface area contributed by atoms with E-state index < -0.39 is 29.9 Å². The van der Waals surface area contributed by atoms with Crippen molar-refractivity contribution in [2.75, 3.05) is 13.7 Å². The summed E-state index contributed by atoms with van der Waals surface area (Å²) >= 11 is 12.2. The zero-order valence-electron chi connectivity index (χ0n) is 18.2. The minimum atomic E-state index is -1.40. The molecule has 0 aliphatic carbocycles. The number of urea groups is 1. The molecule has 32 heavy (non-hydrogen) atoms. The van der Waals surface area contributed by atoms with Gasteiger partial charge < -0.3 is 15.4 Å². The predicted molar refractivity (Wildman–Crippen MR) is 123 cm³/mol. The van der Waals surface area contributed by atoms with Crippen LogP contribution in [0.15, 0.2) is 42.5 Å². The van der Waals surface area contributed by atoms with Crippen LogP contribution in [-0.4, -0.2) is 36.4 Å². The van der Waals surface area contributed by atoms with Crippen LogP contribution in [0, 0.1) is 5.92 Å². The van der Waals surface area contributed by atoms with Gasteiger partial charge in [0.1, 0.15) is 17.8 Å². The SMILES string of the molecule is COc1ccc(C(NC(=O)CN2C(=O)NC(C)(c3ccc(Cl)cc3Cl)C2=O)C(C)C)cc1. The van der Waals surface area contributed by atoms with Crippen LogP contribution in [-0.2, 0) is 15.1 Å². The van der Waals surface area contributed by atoms with Gasteiger partial charge in [-0.2, -0.15) is 0 Å². The summed E-state index contributed by atoms with van der Waals surface area (Å²) in [6, 6.07) is 11.1. The average molecular weight is 478 g/mol. The number of imide groups is 1. The lowest BCUT2D eigenvalue weighted by atomic mass is 9.92. The molecule has 1 aliphatic rings.